The van der Waals surface area contributed by atoms with Gasteiger partial charge in [0, 0.05) is 8.95 Å². The first-order valence-electron chi connectivity index (χ1n) is 4.42. The quantitative estimate of drug-likeness (QED) is 0.843. The van der Waals surface area contributed by atoms with Crippen molar-refractivity contribution < 1.29 is 4.79 Å². The van der Waals surface area contributed by atoms with E-state index in [1.165, 1.54) is 0 Å². The number of nitrogens with zero attached hydrogens (tertiary/aromatic N) is 2. The number of nitrogen functional groups attached to an aromatic ring is 1. The zero-order chi connectivity index (χ0) is 12.4. The maximum atomic E-state index is 11.8. The standard InChI is InChI=1S/C9H6Br2N4OS/c10-4-2-1-3-5(11)6(4)13-7(16)8-14-15-9(12)17-8/h1-3H,(H2,12,15)(H,13,16). The van der Waals surface area contributed by atoms with E-state index in [2.05, 4.69) is 47.4 Å². The summed E-state index contributed by atoms with van der Waals surface area (Å²) in [6.07, 6.45) is 0. The van der Waals surface area contributed by atoms with E-state index in [1.54, 1.807) is 0 Å². The molecule has 0 saturated carbocycles. The van der Waals surface area contributed by atoms with Crippen LogP contribution in [0.4, 0.5) is 10.8 Å². The highest BCUT2D eigenvalue weighted by Gasteiger charge is 2.14. The predicted octanol–water partition coefficient (Wildman–Crippen LogP) is 2.90. The number of anilines is 2. The smallest absolute Gasteiger partial charge is 0.286 e. The fraction of sp³-hybridized carbons (Fsp3) is 0. The van der Waals surface area contributed by atoms with E-state index in [1.807, 2.05) is 18.2 Å². The molecular weight excluding hydrogens is 372 g/mol. The molecule has 17 heavy (non-hydrogen) atoms. The number of rotatable bonds is 2. The van der Waals surface area contributed by atoms with Gasteiger partial charge in [-0.05, 0) is 44.0 Å². The summed E-state index contributed by atoms with van der Waals surface area (Å²) in [5.74, 6) is -0.341. The SMILES string of the molecule is Nc1nnc(C(=O)Nc2c(Br)cccc2Br)s1. The minimum Gasteiger partial charge on any atom is -0.374 e. The van der Waals surface area contributed by atoms with Crippen LogP contribution in [0.5, 0.6) is 0 Å². The molecule has 8 heteroatoms. The van der Waals surface area contributed by atoms with E-state index in [-0.39, 0.29) is 16.0 Å². The van der Waals surface area contributed by atoms with Crippen molar-refractivity contribution in [3.05, 3.63) is 32.2 Å². The zero-order valence-electron chi connectivity index (χ0n) is 8.28. The highest BCUT2D eigenvalue weighted by molar-refractivity contribution is 9.11. The van der Waals surface area contributed by atoms with Gasteiger partial charge in [0.1, 0.15) is 0 Å². The number of benzene rings is 1. The third-order valence-corrected chi connectivity index (χ3v) is 3.91. The minimum absolute atomic E-state index is 0.227. The average molecular weight is 378 g/mol. The molecule has 0 radical (unpaired) electrons. The van der Waals surface area contributed by atoms with Crippen LogP contribution in [0.3, 0.4) is 0 Å². The maximum Gasteiger partial charge on any atom is 0.286 e. The van der Waals surface area contributed by atoms with E-state index in [4.69, 9.17) is 5.73 Å². The zero-order valence-corrected chi connectivity index (χ0v) is 12.3. The van der Waals surface area contributed by atoms with E-state index in [0.29, 0.717) is 5.69 Å². The van der Waals surface area contributed by atoms with Crippen LogP contribution in [-0.2, 0) is 0 Å². The Morgan fingerprint density at radius 1 is 1.29 bits per heavy atom. The Labute approximate surface area is 118 Å². The number of amides is 1. The Bertz CT molecular complexity index is 552. The maximum absolute atomic E-state index is 11.8. The van der Waals surface area contributed by atoms with Crippen molar-refractivity contribution >= 4 is 59.9 Å². The summed E-state index contributed by atoms with van der Waals surface area (Å²) in [5, 5.41) is 10.5. The van der Waals surface area contributed by atoms with Crippen molar-refractivity contribution in [1.82, 2.24) is 10.2 Å². The molecule has 88 valence electrons. The molecule has 0 aliphatic rings. The van der Waals surface area contributed by atoms with Gasteiger partial charge in [0.2, 0.25) is 10.1 Å². The van der Waals surface area contributed by atoms with Crippen LogP contribution in [-0.4, -0.2) is 16.1 Å². The molecule has 0 aliphatic carbocycles. The second kappa shape index (κ2) is 5.11. The van der Waals surface area contributed by atoms with Gasteiger partial charge in [-0.25, -0.2) is 0 Å². The lowest BCUT2D eigenvalue weighted by molar-refractivity contribution is 0.102. The van der Waals surface area contributed by atoms with Crippen LogP contribution in [0.2, 0.25) is 0 Å². The van der Waals surface area contributed by atoms with Crippen molar-refractivity contribution in [2.24, 2.45) is 0 Å². The first-order valence-corrected chi connectivity index (χ1v) is 6.82. The summed E-state index contributed by atoms with van der Waals surface area (Å²) in [4.78, 5) is 11.8. The van der Waals surface area contributed by atoms with Gasteiger partial charge in [0.15, 0.2) is 0 Å². The Hall–Kier alpha value is -0.990. The Morgan fingerprint density at radius 3 is 2.47 bits per heavy atom. The second-order valence-corrected chi connectivity index (χ2v) is 5.71. The normalized spacial score (nSPS) is 10.2. The number of hydrogen-bond acceptors (Lipinski definition) is 5. The van der Waals surface area contributed by atoms with Crippen LogP contribution in [0, 0.1) is 0 Å². The van der Waals surface area contributed by atoms with E-state index in [9.17, 15) is 4.79 Å². The topological polar surface area (TPSA) is 80.9 Å². The van der Waals surface area contributed by atoms with Crippen molar-refractivity contribution in [3.63, 3.8) is 0 Å². The minimum atomic E-state index is -0.341. The molecule has 5 nitrogen and oxygen atoms in total. The van der Waals surface area contributed by atoms with Crippen LogP contribution < -0.4 is 11.1 Å². The van der Waals surface area contributed by atoms with Crippen molar-refractivity contribution in [2.45, 2.75) is 0 Å². The highest BCUT2D eigenvalue weighted by Crippen LogP contribution is 2.31. The monoisotopic (exact) mass is 376 g/mol. The predicted molar refractivity (Wildman–Crippen MR) is 74.1 cm³/mol. The molecule has 0 spiro atoms. The average Bonchev–Trinajstić information content (AvgIpc) is 2.70. The molecule has 2 rings (SSSR count). The summed E-state index contributed by atoms with van der Waals surface area (Å²) < 4.78 is 1.55. The molecule has 2 aromatic rings. The fourth-order valence-corrected chi connectivity index (χ4v) is 2.81. The number of para-hydroxylation sites is 1. The van der Waals surface area contributed by atoms with Gasteiger partial charge in [-0.1, -0.05) is 17.4 Å². The number of nitrogens with two attached hydrogens (primary N) is 1. The number of carbonyl (C=O) groups excluding carboxylic acids is 1. The fourth-order valence-electron chi connectivity index (χ4n) is 1.11. The second-order valence-electron chi connectivity index (χ2n) is 3.00. The third-order valence-electron chi connectivity index (χ3n) is 1.84. The summed E-state index contributed by atoms with van der Waals surface area (Å²) in [6.45, 7) is 0. The van der Waals surface area contributed by atoms with E-state index >= 15 is 0 Å². The molecule has 0 saturated heterocycles. The van der Waals surface area contributed by atoms with Gasteiger partial charge < -0.3 is 11.1 Å². The summed E-state index contributed by atoms with van der Waals surface area (Å²) in [5.41, 5.74) is 6.06. The number of halogens is 2. The summed E-state index contributed by atoms with van der Waals surface area (Å²) >= 11 is 7.74. The van der Waals surface area contributed by atoms with Gasteiger partial charge >= 0.3 is 0 Å². The molecule has 1 amide bonds. The molecule has 0 bridgehead atoms. The lowest BCUT2D eigenvalue weighted by Gasteiger charge is -2.07. The molecular formula is C9H6Br2N4OS. The number of aromatic nitrogens is 2. The Kier molecular flexibility index (Phi) is 3.75. The van der Waals surface area contributed by atoms with Gasteiger partial charge in [-0.15, -0.1) is 10.2 Å². The highest BCUT2D eigenvalue weighted by atomic mass is 79.9. The van der Waals surface area contributed by atoms with Crippen molar-refractivity contribution in [2.75, 3.05) is 11.1 Å². The van der Waals surface area contributed by atoms with Gasteiger partial charge in [-0.3, -0.25) is 4.79 Å². The van der Waals surface area contributed by atoms with Crippen LogP contribution in [0.1, 0.15) is 9.80 Å². The molecule has 0 aliphatic heterocycles. The number of nitrogens with one attached hydrogen (secondary N) is 1. The first-order chi connectivity index (χ1) is 8.08. The summed E-state index contributed by atoms with van der Waals surface area (Å²) in [7, 11) is 0. The van der Waals surface area contributed by atoms with Crippen molar-refractivity contribution in [3.8, 4) is 0 Å². The van der Waals surface area contributed by atoms with Gasteiger partial charge in [0.25, 0.3) is 5.91 Å². The molecule has 0 atom stereocenters. The summed E-state index contributed by atoms with van der Waals surface area (Å²) in [6, 6.07) is 5.51. The van der Waals surface area contributed by atoms with Crippen LogP contribution in [0.15, 0.2) is 27.1 Å². The third kappa shape index (κ3) is 2.82. The molecule has 0 fully saturated rings. The first kappa shape index (κ1) is 12.5. The lowest BCUT2D eigenvalue weighted by Crippen LogP contribution is -2.12. The van der Waals surface area contributed by atoms with Gasteiger partial charge in [-0.2, -0.15) is 0 Å². The van der Waals surface area contributed by atoms with Crippen molar-refractivity contribution in [1.29, 1.82) is 0 Å². The van der Waals surface area contributed by atoms with Crippen LogP contribution in [0.25, 0.3) is 0 Å². The molecule has 3 N–H and O–H groups in total. The molecule has 0 unspecified atom stereocenters. The number of carbonyl (C=O) groups is 1. The van der Waals surface area contributed by atoms with E-state index < -0.39 is 0 Å². The number of hydrogen-bond donors (Lipinski definition) is 2. The van der Waals surface area contributed by atoms with Crippen LogP contribution >= 0.6 is 43.2 Å². The molecule has 1 aromatic heterocycles. The lowest BCUT2D eigenvalue weighted by atomic mass is 10.3. The molecule has 1 heterocycles. The largest absolute Gasteiger partial charge is 0.374 e. The van der Waals surface area contributed by atoms with E-state index in [0.717, 1.165) is 20.3 Å². The molecule has 1 aromatic carbocycles. The van der Waals surface area contributed by atoms with Gasteiger partial charge in [0.05, 0.1) is 5.69 Å². The Morgan fingerprint density at radius 2 is 1.94 bits per heavy atom. The Balaban J connectivity index is 2.24.